The van der Waals surface area contributed by atoms with Crippen LogP contribution in [0.15, 0.2) is 17.6 Å². The van der Waals surface area contributed by atoms with Crippen molar-refractivity contribution in [2.75, 3.05) is 11.9 Å². The number of imidazole rings is 1. The summed E-state index contributed by atoms with van der Waals surface area (Å²) in [4.78, 5) is 21.3. The highest BCUT2D eigenvalue weighted by Crippen LogP contribution is 2.35. The number of rotatable bonds is 5. The zero-order valence-electron chi connectivity index (χ0n) is 7.83. The van der Waals surface area contributed by atoms with E-state index in [1.165, 1.54) is 11.8 Å². The predicted molar refractivity (Wildman–Crippen MR) is 55.5 cm³/mol. The maximum atomic E-state index is 10.5. The first-order chi connectivity index (χ1) is 6.47. The van der Waals surface area contributed by atoms with E-state index in [9.17, 15) is 4.57 Å². The van der Waals surface area contributed by atoms with Gasteiger partial charge in [-0.3, -0.25) is 4.57 Å². The zero-order valence-corrected chi connectivity index (χ0v) is 9.54. The predicted octanol–water partition coefficient (Wildman–Crippen LogP) is 1.08. The molecule has 5 nitrogen and oxygen atoms in total. The van der Waals surface area contributed by atoms with E-state index < -0.39 is 7.60 Å². The SMILES string of the molecule is Cn1cnc(SCCCP(=O)(O)O)c1. The Labute approximate surface area is 86.7 Å². The van der Waals surface area contributed by atoms with Crippen molar-refractivity contribution in [2.24, 2.45) is 7.05 Å². The van der Waals surface area contributed by atoms with Crippen molar-refractivity contribution in [1.29, 1.82) is 0 Å². The minimum Gasteiger partial charge on any atom is -0.339 e. The van der Waals surface area contributed by atoms with Gasteiger partial charge in [-0.05, 0) is 6.42 Å². The number of aromatic nitrogens is 2. The summed E-state index contributed by atoms with van der Waals surface area (Å²) < 4.78 is 12.4. The molecule has 1 rings (SSSR count). The van der Waals surface area contributed by atoms with Crippen LogP contribution >= 0.6 is 19.4 Å². The average Bonchev–Trinajstić information content (AvgIpc) is 2.44. The van der Waals surface area contributed by atoms with E-state index in [4.69, 9.17) is 9.79 Å². The van der Waals surface area contributed by atoms with Gasteiger partial charge in [-0.25, -0.2) is 4.98 Å². The van der Waals surface area contributed by atoms with Gasteiger partial charge in [-0.15, -0.1) is 11.8 Å². The molecular formula is C7H13N2O3PS. The van der Waals surface area contributed by atoms with Crippen molar-refractivity contribution in [2.45, 2.75) is 11.4 Å². The van der Waals surface area contributed by atoms with Crippen molar-refractivity contribution in [3.8, 4) is 0 Å². The third kappa shape index (κ3) is 4.81. The molecule has 0 aliphatic carbocycles. The Balaban J connectivity index is 2.19. The molecule has 0 aromatic carbocycles. The van der Waals surface area contributed by atoms with Crippen molar-refractivity contribution in [3.05, 3.63) is 12.5 Å². The van der Waals surface area contributed by atoms with Gasteiger partial charge in [0, 0.05) is 19.0 Å². The molecule has 0 saturated carbocycles. The van der Waals surface area contributed by atoms with Gasteiger partial charge in [-0.2, -0.15) is 0 Å². The Morgan fingerprint density at radius 3 is 2.86 bits per heavy atom. The van der Waals surface area contributed by atoms with Gasteiger partial charge in [0.05, 0.1) is 12.5 Å². The third-order valence-electron chi connectivity index (χ3n) is 1.52. The molecule has 0 aliphatic heterocycles. The normalized spacial score (nSPS) is 11.9. The van der Waals surface area contributed by atoms with Gasteiger partial charge in [0.25, 0.3) is 0 Å². The summed E-state index contributed by atoms with van der Waals surface area (Å²) in [6, 6.07) is 0. The molecular weight excluding hydrogens is 223 g/mol. The smallest absolute Gasteiger partial charge is 0.325 e. The quantitative estimate of drug-likeness (QED) is 0.454. The second-order valence-corrected chi connectivity index (χ2v) is 5.86. The number of hydrogen-bond acceptors (Lipinski definition) is 3. The molecule has 2 N–H and O–H groups in total. The fraction of sp³-hybridized carbons (Fsp3) is 0.571. The number of thioether (sulfide) groups is 1. The highest BCUT2D eigenvalue weighted by Gasteiger charge is 2.11. The maximum absolute atomic E-state index is 10.5. The summed E-state index contributed by atoms with van der Waals surface area (Å²) in [5.74, 6) is 0.683. The summed E-state index contributed by atoms with van der Waals surface area (Å²) in [6.45, 7) is 0. The van der Waals surface area contributed by atoms with Crippen LogP contribution in [0.4, 0.5) is 0 Å². The van der Waals surface area contributed by atoms with Crippen LogP contribution in [0, 0.1) is 0 Å². The Bertz CT molecular complexity index is 335. The van der Waals surface area contributed by atoms with Crippen LogP contribution in [0.25, 0.3) is 0 Å². The number of aryl methyl sites for hydroxylation is 1. The number of nitrogens with zero attached hydrogens (tertiary/aromatic N) is 2. The molecule has 0 aliphatic rings. The molecule has 0 saturated heterocycles. The van der Waals surface area contributed by atoms with Gasteiger partial charge >= 0.3 is 7.60 Å². The van der Waals surface area contributed by atoms with Gasteiger partial charge in [0.2, 0.25) is 0 Å². The van der Waals surface area contributed by atoms with Crippen LogP contribution in [0.5, 0.6) is 0 Å². The highest BCUT2D eigenvalue weighted by molar-refractivity contribution is 7.99. The van der Waals surface area contributed by atoms with Crippen LogP contribution in [-0.4, -0.2) is 31.3 Å². The van der Waals surface area contributed by atoms with Crippen LogP contribution < -0.4 is 0 Å². The standard InChI is InChI=1S/C7H13N2O3PS/c1-9-5-7(8-6-9)14-4-2-3-13(10,11)12/h5-6H,2-4H2,1H3,(H2,10,11,12). The molecule has 0 amide bonds. The molecule has 1 aromatic rings. The van der Waals surface area contributed by atoms with Gasteiger partial charge in [0.1, 0.15) is 5.03 Å². The summed E-state index contributed by atoms with van der Waals surface area (Å²) >= 11 is 1.51. The zero-order chi connectivity index (χ0) is 10.6. The van der Waals surface area contributed by atoms with Crippen LogP contribution in [-0.2, 0) is 11.6 Å². The average molecular weight is 236 g/mol. The molecule has 14 heavy (non-hydrogen) atoms. The molecule has 0 spiro atoms. The lowest BCUT2D eigenvalue weighted by Gasteiger charge is -2.01. The van der Waals surface area contributed by atoms with Crippen molar-refractivity contribution < 1.29 is 14.4 Å². The largest absolute Gasteiger partial charge is 0.339 e. The van der Waals surface area contributed by atoms with E-state index >= 15 is 0 Å². The van der Waals surface area contributed by atoms with Crippen LogP contribution in [0.2, 0.25) is 0 Å². The van der Waals surface area contributed by atoms with Crippen LogP contribution in [0.1, 0.15) is 6.42 Å². The first kappa shape index (κ1) is 11.8. The summed E-state index contributed by atoms with van der Waals surface area (Å²) in [7, 11) is -1.94. The Kier molecular flexibility index (Phi) is 4.19. The van der Waals surface area contributed by atoms with Gasteiger partial charge < -0.3 is 14.4 Å². The molecule has 0 atom stereocenters. The van der Waals surface area contributed by atoms with E-state index in [1.807, 2.05) is 17.8 Å². The van der Waals surface area contributed by atoms with Crippen molar-refractivity contribution in [3.63, 3.8) is 0 Å². The highest BCUT2D eigenvalue weighted by atomic mass is 32.2. The maximum Gasteiger partial charge on any atom is 0.325 e. The van der Waals surface area contributed by atoms with Crippen molar-refractivity contribution in [1.82, 2.24) is 9.55 Å². The lowest BCUT2D eigenvalue weighted by molar-refractivity contribution is 0.372. The molecule has 0 unspecified atom stereocenters. The first-order valence-corrected chi connectivity index (χ1v) is 6.91. The lowest BCUT2D eigenvalue weighted by atomic mass is 10.6. The molecule has 1 heterocycles. The second-order valence-electron chi connectivity index (χ2n) is 2.97. The Morgan fingerprint density at radius 1 is 1.64 bits per heavy atom. The summed E-state index contributed by atoms with van der Waals surface area (Å²) in [6.07, 6.45) is 4.03. The Morgan fingerprint density at radius 2 is 2.36 bits per heavy atom. The minimum atomic E-state index is -3.82. The van der Waals surface area contributed by atoms with E-state index in [1.54, 1.807) is 6.33 Å². The molecule has 1 aromatic heterocycles. The Hall–Kier alpha value is -0.290. The van der Waals surface area contributed by atoms with Gasteiger partial charge in [-0.1, -0.05) is 0 Å². The third-order valence-corrected chi connectivity index (χ3v) is 3.42. The minimum absolute atomic E-state index is 0.0488. The van der Waals surface area contributed by atoms with E-state index in [0.717, 1.165) is 5.03 Å². The monoisotopic (exact) mass is 236 g/mol. The molecule has 0 radical (unpaired) electrons. The lowest BCUT2D eigenvalue weighted by Crippen LogP contribution is -1.90. The summed E-state index contributed by atoms with van der Waals surface area (Å²) in [5, 5.41) is 0.887. The molecule has 0 bridgehead atoms. The molecule has 7 heteroatoms. The van der Waals surface area contributed by atoms with E-state index in [-0.39, 0.29) is 6.16 Å². The fourth-order valence-corrected chi connectivity index (χ4v) is 2.55. The number of hydrogen-bond donors (Lipinski definition) is 2. The molecule has 80 valence electrons. The molecule has 0 fully saturated rings. The fourth-order valence-electron chi connectivity index (χ4n) is 0.911. The van der Waals surface area contributed by atoms with E-state index in [2.05, 4.69) is 4.98 Å². The van der Waals surface area contributed by atoms with E-state index in [0.29, 0.717) is 12.2 Å². The topological polar surface area (TPSA) is 75.4 Å². The van der Waals surface area contributed by atoms with Crippen molar-refractivity contribution >= 4 is 19.4 Å². The van der Waals surface area contributed by atoms with Gasteiger partial charge in [0.15, 0.2) is 0 Å². The second kappa shape index (κ2) is 4.98. The summed E-state index contributed by atoms with van der Waals surface area (Å²) in [5.41, 5.74) is 0. The first-order valence-electron chi connectivity index (χ1n) is 4.13. The van der Waals surface area contributed by atoms with Crippen LogP contribution in [0.3, 0.4) is 0 Å².